The standard InChI is InChI=1S/C14H20N2O/c1-10(13(17)16(2)3)11-6-4-5-7-12(11)14(15)8-9-14/h4-7,10H,8-9,15H2,1-3H3. The van der Waals surface area contributed by atoms with Crippen LogP contribution in [-0.4, -0.2) is 24.9 Å². The molecule has 1 aliphatic carbocycles. The van der Waals surface area contributed by atoms with Crippen molar-refractivity contribution < 1.29 is 4.79 Å². The number of carbonyl (C=O) groups is 1. The van der Waals surface area contributed by atoms with Crippen LogP contribution >= 0.6 is 0 Å². The van der Waals surface area contributed by atoms with Crippen LogP contribution in [0.3, 0.4) is 0 Å². The fraction of sp³-hybridized carbons (Fsp3) is 0.500. The second-order valence-corrected chi connectivity index (χ2v) is 5.20. The molecular formula is C14H20N2O. The van der Waals surface area contributed by atoms with E-state index in [0.29, 0.717) is 0 Å². The number of rotatable bonds is 3. The molecule has 1 atom stereocenters. The summed E-state index contributed by atoms with van der Waals surface area (Å²) in [6.07, 6.45) is 2.04. The number of likely N-dealkylation sites (N-methyl/N-ethyl adjacent to an activating group) is 1. The molecule has 0 aromatic heterocycles. The van der Waals surface area contributed by atoms with Crippen LogP contribution in [0.1, 0.15) is 36.8 Å². The molecule has 0 radical (unpaired) electrons. The molecule has 1 aliphatic rings. The van der Waals surface area contributed by atoms with Crippen molar-refractivity contribution in [2.45, 2.75) is 31.2 Å². The van der Waals surface area contributed by atoms with Crippen LogP contribution in [0.2, 0.25) is 0 Å². The minimum atomic E-state index is -0.183. The number of hydrogen-bond donors (Lipinski definition) is 1. The van der Waals surface area contributed by atoms with E-state index in [0.717, 1.165) is 24.0 Å². The predicted octanol–water partition coefficient (Wildman–Crippen LogP) is 1.83. The van der Waals surface area contributed by atoms with Gasteiger partial charge in [0.05, 0.1) is 5.92 Å². The zero-order valence-electron chi connectivity index (χ0n) is 10.7. The number of carbonyl (C=O) groups excluding carboxylic acids is 1. The Morgan fingerprint density at radius 3 is 2.47 bits per heavy atom. The monoisotopic (exact) mass is 232 g/mol. The van der Waals surface area contributed by atoms with Crippen molar-refractivity contribution in [1.29, 1.82) is 0 Å². The lowest BCUT2D eigenvalue weighted by molar-refractivity contribution is -0.129. The zero-order valence-corrected chi connectivity index (χ0v) is 10.7. The van der Waals surface area contributed by atoms with Gasteiger partial charge >= 0.3 is 0 Å². The molecule has 1 fully saturated rings. The van der Waals surface area contributed by atoms with E-state index in [1.807, 2.05) is 25.1 Å². The van der Waals surface area contributed by atoms with Gasteiger partial charge in [-0.2, -0.15) is 0 Å². The lowest BCUT2D eigenvalue weighted by Gasteiger charge is -2.22. The molecule has 1 aromatic carbocycles. The fourth-order valence-electron chi connectivity index (χ4n) is 2.25. The first-order valence-electron chi connectivity index (χ1n) is 6.05. The Balaban J connectivity index is 2.35. The molecule has 0 spiro atoms. The smallest absolute Gasteiger partial charge is 0.229 e. The van der Waals surface area contributed by atoms with Gasteiger partial charge in [-0.05, 0) is 30.9 Å². The molecule has 2 rings (SSSR count). The van der Waals surface area contributed by atoms with Crippen molar-refractivity contribution in [2.75, 3.05) is 14.1 Å². The number of nitrogens with two attached hydrogens (primary N) is 1. The first kappa shape index (κ1) is 12.1. The SMILES string of the molecule is CC(C(=O)N(C)C)c1ccccc1C1(N)CC1. The number of amides is 1. The first-order valence-corrected chi connectivity index (χ1v) is 6.05. The molecule has 1 aromatic rings. The molecule has 0 bridgehead atoms. The zero-order chi connectivity index (χ0) is 12.6. The Hall–Kier alpha value is -1.35. The van der Waals surface area contributed by atoms with Gasteiger partial charge in [-0.1, -0.05) is 24.3 Å². The van der Waals surface area contributed by atoms with E-state index in [1.54, 1.807) is 19.0 Å². The lowest BCUT2D eigenvalue weighted by Crippen LogP contribution is -2.29. The van der Waals surface area contributed by atoms with E-state index in [9.17, 15) is 4.79 Å². The van der Waals surface area contributed by atoms with Crippen molar-refractivity contribution >= 4 is 5.91 Å². The van der Waals surface area contributed by atoms with Crippen LogP contribution in [0.15, 0.2) is 24.3 Å². The van der Waals surface area contributed by atoms with Gasteiger partial charge in [0.2, 0.25) is 5.91 Å². The second kappa shape index (κ2) is 4.15. The maximum absolute atomic E-state index is 12.0. The third-order valence-electron chi connectivity index (χ3n) is 3.56. The maximum atomic E-state index is 12.0. The van der Waals surface area contributed by atoms with Crippen LogP contribution in [0.4, 0.5) is 0 Å². The largest absolute Gasteiger partial charge is 0.348 e. The highest BCUT2D eigenvalue weighted by Crippen LogP contribution is 2.45. The molecule has 2 N–H and O–H groups in total. The van der Waals surface area contributed by atoms with Crippen molar-refractivity contribution in [3.8, 4) is 0 Å². The average molecular weight is 232 g/mol. The summed E-state index contributed by atoms with van der Waals surface area (Å²) in [4.78, 5) is 13.7. The van der Waals surface area contributed by atoms with Crippen molar-refractivity contribution in [1.82, 2.24) is 4.90 Å². The van der Waals surface area contributed by atoms with Gasteiger partial charge in [0, 0.05) is 19.6 Å². The molecule has 0 aliphatic heterocycles. The average Bonchev–Trinajstić information content (AvgIpc) is 3.06. The van der Waals surface area contributed by atoms with Crippen LogP contribution in [0, 0.1) is 0 Å². The number of benzene rings is 1. The minimum Gasteiger partial charge on any atom is -0.348 e. The maximum Gasteiger partial charge on any atom is 0.229 e. The summed E-state index contributed by atoms with van der Waals surface area (Å²) in [5.41, 5.74) is 8.29. The van der Waals surface area contributed by atoms with Crippen molar-refractivity contribution in [2.24, 2.45) is 5.73 Å². The van der Waals surface area contributed by atoms with Gasteiger partial charge in [-0.3, -0.25) is 4.79 Å². The van der Waals surface area contributed by atoms with Crippen LogP contribution in [0.5, 0.6) is 0 Å². The topological polar surface area (TPSA) is 46.3 Å². The van der Waals surface area contributed by atoms with E-state index in [2.05, 4.69) is 6.07 Å². The second-order valence-electron chi connectivity index (χ2n) is 5.20. The fourth-order valence-corrected chi connectivity index (χ4v) is 2.25. The van der Waals surface area contributed by atoms with Gasteiger partial charge in [-0.15, -0.1) is 0 Å². The molecule has 1 saturated carbocycles. The van der Waals surface area contributed by atoms with Crippen molar-refractivity contribution in [3.05, 3.63) is 35.4 Å². The number of hydrogen-bond acceptors (Lipinski definition) is 2. The highest BCUT2D eigenvalue weighted by Gasteiger charge is 2.42. The molecular weight excluding hydrogens is 212 g/mol. The summed E-state index contributed by atoms with van der Waals surface area (Å²) in [6, 6.07) is 8.05. The molecule has 1 unspecified atom stereocenters. The summed E-state index contributed by atoms with van der Waals surface area (Å²) in [5, 5.41) is 0. The van der Waals surface area contributed by atoms with Crippen molar-refractivity contribution in [3.63, 3.8) is 0 Å². The Labute approximate surface area is 103 Å². The summed E-state index contributed by atoms with van der Waals surface area (Å²) in [6.45, 7) is 1.95. The van der Waals surface area contributed by atoms with Gasteiger partial charge in [0.25, 0.3) is 0 Å². The quantitative estimate of drug-likeness (QED) is 0.864. The molecule has 17 heavy (non-hydrogen) atoms. The van der Waals surface area contributed by atoms with Crippen LogP contribution < -0.4 is 5.73 Å². The van der Waals surface area contributed by atoms with Gasteiger partial charge < -0.3 is 10.6 Å². The Morgan fingerprint density at radius 2 is 1.94 bits per heavy atom. The summed E-state index contributed by atoms with van der Waals surface area (Å²) < 4.78 is 0. The summed E-state index contributed by atoms with van der Waals surface area (Å²) in [7, 11) is 3.58. The molecule has 0 heterocycles. The lowest BCUT2D eigenvalue weighted by atomic mass is 9.90. The molecule has 1 amide bonds. The Bertz CT molecular complexity index is 436. The third-order valence-corrected chi connectivity index (χ3v) is 3.56. The van der Waals surface area contributed by atoms with Crippen LogP contribution in [0.25, 0.3) is 0 Å². The highest BCUT2D eigenvalue weighted by molar-refractivity contribution is 5.83. The van der Waals surface area contributed by atoms with Gasteiger partial charge in [-0.25, -0.2) is 0 Å². The van der Waals surface area contributed by atoms with E-state index >= 15 is 0 Å². The molecule has 3 heteroatoms. The van der Waals surface area contributed by atoms with E-state index in [1.165, 1.54) is 0 Å². The third kappa shape index (κ3) is 2.20. The summed E-state index contributed by atoms with van der Waals surface area (Å²) in [5.74, 6) is 0.00363. The van der Waals surface area contributed by atoms with E-state index in [4.69, 9.17) is 5.73 Å². The van der Waals surface area contributed by atoms with Gasteiger partial charge in [0.1, 0.15) is 0 Å². The Morgan fingerprint density at radius 1 is 1.35 bits per heavy atom. The predicted molar refractivity (Wildman–Crippen MR) is 68.7 cm³/mol. The van der Waals surface area contributed by atoms with Gasteiger partial charge in [0.15, 0.2) is 0 Å². The molecule has 3 nitrogen and oxygen atoms in total. The summed E-state index contributed by atoms with van der Waals surface area (Å²) >= 11 is 0. The molecule has 92 valence electrons. The molecule has 0 saturated heterocycles. The first-order chi connectivity index (χ1) is 7.96. The number of nitrogens with zero attached hydrogens (tertiary/aromatic N) is 1. The Kier molecular flexibility index (Phi) is 2.96. The normalized spacial score (nSPS) is 18.6. The van der Waals surface area contributed by atoms with E-state index < -0.39 is 0 Å². The van der Waals surface area contributed by atoms with Crippen LogP contribution in [-0.2, 0) is 10.3 Å². The highest BCUT2D eigenvalue weighted by atomic mass is 16.2. The minimum absolute atomic E-state index is 0.123. The van der Waals surface area contributed by atoms with E-state index in [-0.39, 0.29) is 17.4 Å².